The lowest BCUT2D eigenvalue weighted by Gasteiger charge is -2.28. The van der Waals surface area contributed by atoms with Crippen LogP contribution in [0, 0.1) is 0 Å². The van der Waals surface area contributed by atoms with Crippen molar-refractivity contribution in [1.29, 1.82) is 0 Å². The van der Waals surface area contributed by atoms with Crippen molar-refractivity contribution in [2.75, 3.05) is 4.90 Å². The summed E-state index contributed by atoms with van der Waals surface area (Å²) in [5.74, 6) is 0. The fourth-order valence-corrected chi connectivity index (χ4v) is 8.67. The maximum atomic E-state index is 2.45. The van der Waals surface area contributed by atoms with Gasteiger partial charge in [-0.15, -0.1) is 0 Å². The van der Waals surface area contributed by atoms with Crippen LogP contribution in [0.4, 0.5) is 17.1 Å². The van der Waals surface area contributed by atoms with Gasteiger partial charge in [0.25, 0.3) is 0 Å². The zero-order valence-corrected chi connectivity index (χ0v) is 29.5. The molecule has 0 fully saturated rings. The average Bonchev–Trinajstić information content (AvgIpc) is 3.58. The largest absolute Gasteiger partial charge is 0.310 e. The van der Waals surface area contributed by atoms with Gasteiger partial charge in [0, 0.05) is 33.2 Å². The van der Waals surface area contributed by atoms with Crippen LogP contribution in [0.5, 0.6) is 0 Å². The first kappa shape index (κ1) is 30.5. The first-order valence-corrected chi connectivity index (χ1v) is 18.6. The lowest BCUT2D eigenvalue weighted by Crippen LogP contribution is -2.11. The predicted molar refractivity (Wildman–Crippen MR) is 231 cm³/mol. The minimum Gasteiger partial charge on any atom is -0.310 e. The summed E-state index contributed by atoms with van der Waals surface area (Å²) in [6, 6.07) is 75.3. The summed E-state index contributed by atoms with van der Waals surface area (Å²) in [5, 5.41) is 12.6. The molecule has 0 saturated heterocycles. The number of anilines is 3. The van der Waals surface area contributed by atoms with Crippen LogP contribution in [-0.4, -0.2) is 4.57 Å². The molecule has 0 aliphatic heterocycles. The zero-order chi connectivity index (χ0) is 35.6. The Labute approximate surface area is 313 Å². The van der Waals surface area contributed by atoms with E-state index in [1.807, 2.05) is 0 Å². The highest BCUT2D eigenvalue weighted by Crippen LogP contribution is 2.46. The number of aromatic nitrogens is 1. The predicted octanol–water partition coefficient (Wildman–Crippen LogP) is 14.5. The molecule has 0 amide bonds. The summed E-state index contributed by atoms with van der Waals surface area (Å²) in [5.41, 5.74) is 9.28. The van der Waals surface area contributed by atoms with Gasteiger partial charge in [0.2, 0.25) is 0 Å². The van der Waals surface area contributed by atoms with E-state index in [2.05, 4.69) is 216 Å². The minimum atomic E-state index is 1.10. The second-order valence-corrected chi connectivity index (χ2v) is 14.1. The van der Waals surface area contributed by atoms with E-state index in [0.29, 0.717) is 0 Å². The molecule has 0 radical (unpaired) electrons. The molecule has 0 aliphatic carbocycles. The average molecular weight is 687 g/mol. The minimum absolute atomic E-state index is 1.10. The summed E-state index contributed by atoms with van der Waals surface area (Å²) >= 11 is 0. The maximum absolute atomic E-state index is 2.45. The highest BCUT2D eigenvalue weighted by molar-refractivity contribution is 6.29. The zero-order valence-electron chi connectivity index (χ0n) is 29.5. The van der Waals surface area contributed by atoms with Gasteiger partial charge < -0.3 is 9.47 Å². The molecule has 11 rings (SSSR count). The van der Waals surface area contributed by atoms with Crippen molar-refractivity contribution in [2.24, 2.45) is 0 Å². The first-order valence-electron chi connectivity index (χ1n) is 18.6. The molecular formula is C52H34N2. The topological polar surface area (TPSA) is 8.17 Å². The van der Waals surface area contributed by atoms with E-state index in [1.165, 1.54) is 76.0 Å². The van der Waals surface area contributed by atoms with Crippen LogP contribution in [0.15, 0.2) is 206 Å². The second kappa shape index (κ2) is 12.2. The molecule has 0 bridgehead atoms. The third kappa shape index (κ3) is 4.74. The number of para-hydroxylation sites is 2. The van der Waals surface area contributed by atoms with E-state index in [4.69, 9.17) is 0 Å². The molecule has 1 heterocycles. The third-order valence-corrected chi connectivity index (χ3v) is 11.1. The second-order valence-electron chi connectivity index (χ2n) is 14.1. The number of hydrogen-bond donors (Lipinski definition) is 0. The normalized spacial score (nSPS) is 11.7. The van der Waals surface area contributed by atoms with Gasteiger partial charge in [-0.1, -0.05) is 158 Å². The van der Waals surface area contributed by atoms with Crippen molar-refractivity contribution in [3.05, 3.63) is 206 Å². The molecule has 0 N–H and O–H groups in total. The smallest absolute Gasteiger partial charge is 0.0561 e. The molecule has 0 unspecified atom stereocenters. The van der Waals surface area contributed by atoms with E-state index in [1.54, 1.807) is 0 Å². The number of hydrogen-bond acceptors (Lipinski definition) is 1. The molecule has 54 heavy (non-hydrogen) atoms. The lowest BCUT2D eigenvalue weighted by molar-refractivity contribution is 1.18. The Bertz CT molecular complexity index is 3200. The van der Waals surface area contributed by atoms with Crippen molar-refractivity contribution in [3.63, 3.8) is 0 Å². The fourth-order valence-electron chi connectivity index (χ4n) is 8.67. The monoisotopic (exact) mass is 686 g/mol. The van der Waals surface area contributed by atoms with Crippen LogP contribution in [0.2, 0.25) is 0 Å². The Balaban J connectivity index is 1.21. The fraction of sp³-hybridized carbons (Fsp3) is 0. The molecular weight excluding hydrogens is 653 g/mol. The van der Waals surface area contributed by atoms with Crippen LogP contribution < -0.4 is 4.90 Å². The number of fused-ring (bicyclic) bond motifs is 10. The van der Waals surface area contributed by atoms with Crippen molar-refractivity contribution >= 4 is 82.0 Å². The summed E-state index contributed by atoms with van der Waals surface area (Å²) in [4.78, 5) is 2.45. The molecule has 0 spiro atoms. The quantitative estimate of drug-likeness (QED) is 0.164. The van der Waals surface area contributed by atoms with Gasteiger partial charge in [-0.25, -0.2) is 0 Å². The van der Waals surface area contributed by atoms with Gasteiger partial charge in [-0.05, 0) is 97.4 Å². The van der Waals surface area contributed by atoms with Gasteiger partial charge in [-0.2, -0.15) is 0 Å². The first-order chi connectivity index (χ1) is 26.8. The summed E-state index contributed by atoms with van der Waals surface area (Å²) in [6.07, 6.45) is 0. The van der Waals surface area contributed by atoms with Crippen LogP contribution >= 0.6 is 0 Å². The summed E-state index contributed by atoms with van der Waals surface area (Å²) < 4.78 is 2.40. The van der Waals surface area contributed by atoms with Gasteiger partial charge in [0.15, 0.2) is 0 Å². The molecule has 0 saturated carbocycles. The Kier molecular flexibility index (Phi) is 6.90. The Hall–Kier alpha value is -7.16. The standard InChI is InChI=1S/C52H34N2/c1-3-13-35(14-4-1)36-27-29-41(30-28-36)53(42-31-32-46-44-19-11-12-22-48(44)54(50(46)34-42)40-16-5-2-6-17-40)49-33-39-26-25-38-24-23-37-15-7-8-18-43(37)51(38)52(39)47-21-10-9-20-45(47)49/h1-34H. The van der Waals surface area contributed by atoms with E-state index >= 15 is 0 Å². The number of rotatable bonds is 5. The van der Waals surface area contributed by atoms with E-state index in [-0.39, 0.29) is 0 Å². The van der Waals surface area contributed by atoms with Crippen molar-refractivity contribution in [3.8, 4) is 16.8 Å². The van der Waals surface area contributed by atoms with Crippen LogP contribution in [0.25, 0.3) is 81.7 Å². The van der Waals surface area contributed by atoms with Crippen molar-refractivity contribution in [1.82, 2.24) is 4.57 Å². The van der Waals surface area contributed by atoms with E-state index < -0.39 is 0 Å². The van der Waals surface area contributed by atoms with E-state index in [0.717, 1.165) is 22.7 Å². The van der Waals surface area contributed by atoms with Crippen molar-refractivity contribution < 1.29 is 0 Å². The van der Waals surface area contributed by atoms with Gasteiger partial charge in [-0.3, -0.25) is 0 Å². The maximum Gasteiger partial charge on any atom is 0.0561 e. The lowest BCUT2D eigenvalue weighted by atomic mass is 9.92. The molecule has 1 aromatic heterocycles. The van der Waals surface area contributed by atoms with E-state index in [9.17, 15) is 0 Å². The molecule has 2 heteroatoms. The Morgan fingerprint density at radius 3 is 1.67 bits per heavy atom. The molecule has 0 atom stereocenters. The van der Waals surface area contributed by atoms with Gasteiger partial charge in [0.05, 0.1) is 16.7 Å². The highest BCUT2D eigenvalue weighted by atomic mass is 15.1. The van der Waals surface area contributed by atoms with Crippen LogP contribution in [-0.2, 0) is 0 Å². The Morgan fingerprint density at radius 1 is 0.315 bits per heavy atom. The molecule has 2 nitrogen and oxygen atoms in total. The molecule has 0 aliphatic rings. The van der Waals surface area contributed by atoms with Gasteiger partial charge in [0.1, 0.15) is 0 Å². The SMILES string of the molecule is c1ccc(-c2ccc(N(c3ccc4c5ccccc5n(-c5ccccc5)c4c3)c3cc4ccc5ccc6ccccc6c5c4c4ccccc34)cc2)cc1. The third-order valence-electron chi connectivity index (χ3n) is 11.1. The van der Waals surface area contributed by atoms with Crippen LogP contribution in [0.1, 0.15) is 0 Å². The Morgan fingerprint density at radius 2 is 0.870 bits per heavy atom. The summed E-state index contributed by atoms with van der Waals surface area (Å²) in [6.45, 7) is 0. The van der Waals surface area contributed by atoms with Gasteiger partial charge >= 0.3 is 0 Å². The summed E-state index contributed by atoms with van der Waals surface area (Å²) in [7, 11) is 0. The van der Waals surface area contributed by atoms with Crippen LogP contribution in [0.3, 0.4) is 0 Å². The molecule has 252 valence electrons. The van der Waals surface area contributed by atoms with Crippen molar-refractivity contribution in [2.45, 2.75) is 0 Å². The highest BCUT2D eigenvalue weighted by Gasteiger charge is 2.21. The number of nitrogens with zero attached hydrogens (tertiary/aromatic N) is 2. The molecule has 10 aromatic carbocycles. The number of benzene rings is 10. The molecule has 11 aromatic rings.